The second-order valence-corrected chi connectivity index (χ2v) is 9.76. The fraction of sp³-hybridized carbons (Fsp3) is 0.208. The molecule has 0 fully saturated rings. The zero-order valence-corrected chi connectivity index (χ0v) is 19.7. The van der Waals surface area contributed by atoms with Crippen molar-refractivity contribution < 1.29 is 22.3 Å². The van der Waals surface area contributed by atoms with Crippen molar-refractivity contribution in [3.05, 3.63) is 94.8 Å². The number of ether oxygens (including phenoxy) is 1. The third-order valence-corrected chi connectivity index (χ3v) is 7.08. The van der Waals surface area contributed by atoms with Crippen LogP contribution in [0, 0.1) is 5.82 Å². The van der Waals surface area contributed by atoms with Crippen LogP contribution < -0.4 is 10.1 Å². The monoisotopic (exact) mass is 490 g/mol. The Bertz CT molecular complexity index is 1200. The molecule has 0 spiro atoms. The lowest BCUT2D eigenvalue weighted by Crippen LogP contribution is -2.41. The molecule has 0 saturated carbocycles. The van der Waals surface area contributed by atoms with Crippen molar-refractivity contribution in [2.45, 2.75) is 24.4 Å². The van der Waals surface area contributed by atoms with Crippen molar-refractivity contribution >= 4 is 27.5 Å². The molecular formula is C24H24ClFN2O4S. The number of benzene rings is 3. The minimum absolute atomic E-state index is 0.000381. The van der Waals surface area contributed by atoms with Crippen LogP contribution >= 0.6 is 11.6 Å². The molecule has 6 nitrogen and oxygen atoms in total. The summed E-state index contributed by atoms with van der Waals surface area (Å²) in [5.41, 5.74) is 1.30. The van der Waals surface area contributed by atoms with Crippen LogP contribution in [0.5, 0.6) is 5.75 Å². The largest absolute Gasteiger partial charge is 0.496 e. The van der Waals surface area contributed by atoms with Crippen molar-refractivity contribution in [3.63, 3.8) is 0 Å². The zero-order valence-electron chi connectivity index (χ0n) is 18.2. The number of carbonyl (C=O) groups excluding carboxylic acids is 1. The van der Waals surface area contributed by atoms with E-state index in [1.54, 1.807) is 13.0 Å². The number of rotatable bonds is 9. The molecular weight excluding hydrogens is 467 g/mol. The predicted molar refractivity (Wildman–Crippen MR) is 125 cm³/mol. The molecule has 1 amide bonds. The summed E-state index contributed by atoms with van der Waals surface area (Å²) in [4.78, 5) is 12.9. The third kappa shape index (κ3) is 6.31. The van der Waals surface area contributed by atoms with Crippen LogP contribution in [0.3, 0.4) is 0 Å². The summed E-state index contributed by atoms with van der Waals surface area (Å²) in [5.74, 6) is -0.315. The maximum atomic E-state index is 13.3. The minimum atomic E-state index is -4.04. The normalized spacial score (nSPS) is 12.4. The Morgan fingerprint density at radius 2 is 1.70 bits per heavy atom. The number of nitrogens with zero attached hydrogens (tertiary/aromatic N) is 1. The van der Waals surface area contributed by atoms with Gasteiger partial charge in [-0.2, -0.15) is 4.31 Å². The fourth-order valence-electron chi connectivity index (χ4n) is 3.32. The van der Waals surface area contributed by atoms with Crippen LogP contribution in [-0.4, -0.2) is 32.3 Å². The van der Waals surface area contributed by atoms with E-state index in [2.05, 4.69) is 5.32 Å². The van der Waals surface area contributed by atoms with E-state index in [4.69, 9.17) is 16.3 Å². The van der Waals surface area contributed by atoms with Crippen LogP contribution in [0.4, 0.5) is 4.39 Å². The van der Waals surface area contributed by atoms with Gasteiger partial charge in [-0.15, -0.1) is 0 Å². The first-order valence-electron chi connectivity index (χ1n) is 10.1. The summed E-state index contributed by atoms with van der Waals surface area (Å²) in [7, 11) is -2.50. The maximum absolute atomic E-state index is 13.3. The van der Waals surface area contributed by atoms with Gasteiger partial charge in [0.1, 0.15) is 11.6 Å². The second-order valence-electron chi connectivity index (χ2n) is 7.38. The zero-order chi connectivity index (χ0) is 24.0. The highest BCUT2D eigenvalue weighted by molar-refractivity contribution is 7.89. The number of halogens is 2. The van der Waals surface area contributed by atoms with Crippen molar-refractivity contribution in [2.75, 3.05) is 13.7 Å². The van der Waals surface area contributed by atoms with E-state index >= 15 is 0 Å². The van der Waals surface area contributed by atoms with Gasteiger partial charge in [-0.1, -0.05) is 41.9 Å². The van der Waals surface area contributed by atoms with Gasteiger partial charge < -0.3 is 10.1 Å². The number of para-hydroxylation sites is 1. The standard InChI is InChI=1S/C24H24ClFN2O4S/c1-17(22-5-3-4-6-23(22)32-2)27-24(29)16-28(15-18-7-11-20(26)12-8-18)33(30,31)21-13-9-19(25)10-14-21/h3-14,17H,15-16H2,1-2H3,(H,27,29). The van der Waals surface area contributed by atoms with Crippen molar-refractivity contribution in [1.82, 2.24) is 9.62 Å². The number of nitrogens with one attached hydrogen (secondary N) is 1. The molecule has 174 valence electrons. The minimum Gasteiger partial charge on any atom is -0.496 e. The number of carbonyl (C=O) groups is 1. The van der Waals surface area contributed by atoms with Crippen molar-refractivity contribution in [2.24, 2.45) is 0 Å². The SMILES string of the molecule is COc1ccccc1C(C)NC(=O)CN(Cc1ccc(F)cc1)S(=O)(=O)c1ccc(Cl)cc1. The number of hydrogen-bond donors (Lipinski definition) is 1. The van der Waals surface area contributed by atoms with E-state index in [0.29, 0.717) is 16.3 Å². The molecule has 0 aromatic heterocycles. The molecule has 0 radical (unpaired) electrons. The Kier molecular flexibility index (Phi) is 8.07. The van der Waals surface area contributed by atoms with E-state index in [0.717, 1.165) is 9.87 Å². The molecule has 3 aromatic carbocycles. The van der Waals surface area contributed by atoms with E-state index in [-0.39, 0.29) is 11.4 Å². The molecule has 0 heterocycles. The number of amides is 1. The third-order valence-electron chi connectivity index (χ3n) is 5.03. The van der Waals surface area contributed by atoms with Crippen LogP contribution in [-0.2, 0) is 21.4 Å². The van der Waals surface area contributed by atoms with Gasteiger partial charge in [0, 0.05) is 17.1 Å². The fourth-order valence-corrected chi connectivity index (χ4v) is 4.83. The number of sulfonamides is 1. The van der Waals surface area contributed by atoms with Gasteiger partial charge in [0.25, 0.3) is 0 Å². The van der Waals surface area contributed by atoms with Crippen LogP contribution in [0.2, 0.25) is 5.02 Å². The quantitative estimate of drug-likeness (QED) is 0.477. The Balaban J connectivity index is 1.84. The molecule has 1 N–H and O–H groups in total. The van der Waals surface area contributed by atoms with E-state index < -0.39 is 34.3 Å². The lowest BCUT2D eigenvalue weighted by Gasteiger charge is -2.24. The first-order chi connectivity index (χ1) is 15.7. The molecule has 33 heavy (non-hydrogen) atoms. The van der Waals surface area contributed by atoms with Gasteiger partial charge in [0.2, 0.25) is 15.9 Å². The average molecular weight is 491 g/mol. The van der Waals surface area contributed by atoms with Gasteiger partial charge in [-0.25, -0.2) is 12.8 Å². The lowest BCUT2D eigenvalue weighted by molar-refractivity contribution is -0.122. The Labute approximate surface area is 198 Å². The molecule has 3 aromatic rings. The van der Waals surface area contributed by atoms with Gasteiger partial charge in [0.15, 0.2) is 0 Å². The lowest BCUT2D eigenvalue weighted by atomic mass is 10.1. The highest BCUT2D eigenvalue weighted by Crippen LogP contribution is 2.25. The molecule has 1 unspecified atom stereocenters. The highest BCUT2D eigenvalue weighted by atomic mass is 35.5. The summed E-state index contributed by atoms with van der Waals surface area (Å²) in [6, 6.07) is 18.0. The van der Waals surface area contributed by atoms with E-state index in [1.807, 2.05) is 18.2 Å². The molecule has 1 atom stereocenters. The second kappa shape index (κ2) is 10.8. The topological polar surface area (TPSA) is 75.7 Å². The van der Waals surface area contributed by atoms with E-state index in [1.165, 1.54) is 55.6 Å². The van der Waals surface area contributed by atoms with Gasteiger partial charge in [0.05, 0.1) is 24.6 Å². The van der Waals surface area contributed by atoms with Crippen LogP contribution in [0.1, 0.15) is 24.1 Å². The molecule has 3 rings (SSSR count). The highest BCUT2D eigenvalue weighted by Gasteiger charge is 2.28. The Morgan fingerprint density at radius 3 is 2.33 bits per heavy atom. The molecule has 0 bridgehead atoms. The van der Waals surface area contributed by atoms with E-state index in [9.17, 15) is 17.6 Å². The Hall–Kier alpha value is -2.94. The van der Waals surface area contributed by atoms with Crippen LogP contribution in [0.15, 0.2) is 77.7 Å². The summed E-state index contributed by atoms with van der Waals surface area (Å²) >= 11 is 5.89. The Morgan fingerprint density at radius 1 is 1.06 bits per heavy atom. The van der Waals surface area contributed by atoms with Crippen molar-refractivity contribution in [1.29, 1.82) is 0 Å². The summed E-state index contributed by atoms with van der Waals surface area (Å²) < 4.78 is 46.3. The van der Waals surface area contributed by atoms with Gasteiger partial charge >= 0.3 is 0 Å². The first kappa shape index (κ1) is 24.7. The molecule has 9 heteroatoms. The van der Waals surface area contributed by atoms with Crippen LogP contribution in [0.25, 0.3) is 0 Å². The molecule has 0 aliphatic heterocycles. The van der Waals surface area contributed by atoms with Crippen molar-refractivity contribution in [3.8, 4) is 5.75 Å². The summed E-state index contributed by atoms with van der Waals surface area (Å²) in [6.45, 7) is 1.25. The summed E-state index contributed by atoms with van der Waals surface area (Å²) in [6.07, 6.45) is 0. The first-order valence-corrected chi connectivity index (χ1v) is 11.9. The summed E-state index contributed by atoms with van der Waals surface area (Å²) in [5, 5.41) is 3.21. The molecule has 0 aliphatic rings. The smallest absolute Gasteiger partial charge is 0.243 e. The molecule has 0 saturated heterocycles. The maximum Gasteiger partial charge on any atom is 0.243 e. The van der Waals surface area contributed by atoms with Gasteiger partial charge in [-0.3, -0.25) is 4.79 Å². The average Bonchev–Trinajstić information content (AvgIpc) is 2.80. The number of hydrogen-bond acceptors (Lipinski definition) is 4. The predicted octanol–water partition coefficient (Wildman–Crippen LogP) is 4.56. The van der Waals surface area contributed by atoms with Gasteiger partial charge in [-0.05, 0) is 55.0 Å². The number of methoxy groups -OCH3 is 1. The molecule has 0 aliphatic carbocycles.